The van der Waals surface area contributed by atoms with Crippen molar-refractivity contribution in [1.82, 2.24) is 0 Å². The largest absolute Gasteiger partial charge is 0.326 e. The molecule has 0 aliphatic heterocycles. The highest BCUT2D eigenvalue weighted by atomic mass is 32.5. The molecule has 7 heteroatoms. The van der Waals surface area contributed by atoms with Crippen LogP contribution in [0, 0.1) is 0 Å². The maximum absolute atomic E-state index is 11.8. The summed E-state index contributed by atoms with van der Waals surface area (Å²) >= 11 is 4.33. The Bertz CT molecular complexity index is 547. The van der Waals surface area contributed by atoms with Crippen LogP contribution in [0.4, 0.5) is 5.69 Å². The number of anilines is 1. The van der Waals surface area contributed by atoms with Gasteiger partial charge in [-0.25, -0.2) is 0 Å². The molecule has 136 valence electrons. The normalized spacial score (nSPS) is 11.5. The zero-order valence-electron chi connectivity index (χ0n) is 14.2. The van der Waals surface area contributed by atoms with Gasteiger partial charge in [0.1, 0.15) is 0 Å². The lowest BCUT2D eigenvalue weighted by molar-refractivity contribution is -0.116. The molecule has 0 unspecified atom stereocenters. The summed E-state index contributed by atoms with van der Waals surface area (Å²) in [7, 11) is 0. The molecule has 0 radical (unpaired) electrons. The van der Waals surface area contributed by atoms with E-state index in [-0.39, 0.29) is 18.9 Å². The van der Waals surface area contributed by atoms with Gasteiger partial charge in [-0.05, 0) is 42.3 Å². The summed E-state index contributed by atoms with van der Waals surface area (Å²) in [4.78, 5) is 29.7. The molecular formula is C17H28NO4PS. The first kappa shape index (κ1) is 21.3. The standard InChI is InChI=1S/C17H28NO4PS/c1-2-3-4-5-6-7-9-15-10-8-11-16(14-15)18-17(19)12-13-22-23(20,21)24/h8,10-11,14H,2-7,9,12-13H2,1H3,(H,18,19)(H2,20,21,24). The Kier molecular flexibility index (Phi) is 10.4. The number of hydrogen-bond acceptors (Lipinski definition) is 3. The van der Waals surface area contributed by atoms with E-state index >= 15 is 0 Å². The summed E-state index contributed by atoms with van der Waals surface area (Å²) in [5.74, 6) is -0.241. The molecule has 1 amide bonds. The number of rotatable bonds is 12. The minimum Gasteiger partial charge on any atom is -0.326 e. The smallest absolute Gasteiger partial charge is 0.321 e. The van der Waals surface area contributed by atoms with Gasteiger partial charge < -0.3 is 19.6 Å². The molecule has 5 nitrogen and oxygen atoms in total. The molecule has 0 aliphatic rings. The van der Waals surface area contributed by atoms with Crippen LogP contribution in [0.3, 0.4) is 0 Å². The molecule has 0 spiro atoms. The summed E-state index contributed by atoms with van der Waals surface area (Å²) in [6.07, 6.45) is 8.61. The fourth-order valence-corrected chi connectivity index (χ4v) is 2.95. The van der Waals surface area contributed by atoms with Gasteiger partial charge in [-0.1, -0.05) is 51.2 Å². The molecule has 3 N–H and O–H groups in total. The Hall–Kier alpha value is -0.780. The van der Waals surface area contributed by atoms with Crippen molar-refractivity contribution in [2.24, 2.45) is 0 Å². The van der Waals surface area contributed by atoms with Crippen molar-refractivity contribution in [3.05, 3.63) is 29.8 Å². The van der Waals surface area contributed by atoms with Gasteiger partial charge >= 0.3 is 6.72 Å². The third-order valence-electron chi connectivity index (χ3n) is 3.62. The van der Waals surface area contributed by atoms with Gasteiger partial charge in [0.2, 0.25) is 5.91 Å². The van der Waals surface area contributed by atoms with Crippen LogP contribution in [-0.2, 0) is 27.5 Å². The van der Waals surface area contributed by atoms with Crippen molar-refractivity contribution < 1.29 is 19.1 Å². The van der Waals surface area contributed by atoms with Crippen LogP contribution < -0.4 is 5.32 Å². The second kappa shape index (κ2) is 11.7. The van der Waals surface area contributed by atoms with Gasteiger partial charge in [-0.3, -0.25) is 4.79 Å². The fraction of sp³-hybridized carbons (Fsp3) is 0.588. The molecule has 0 atom stereocenters. The quantitative estimate of drug-likeness (QED) is 0.379. The monoisotopic (exact) mass is 373 g/mol. The highest BCUT2D eigenvalue weighted by Gasteiger charge is 2.10. The maximum atomic E-state index is 11.8. The predicted molar refractivity (Wildman–Crippen MR) is 101 cm³/mol. The van der Waals surface area contributed by atoms with Crippen molar-refractivity contribution in [3.63, 3.8) is 0 Å². The van der Waals surface area contributed by atoms with Crippen molar-refractivity contribution in [3.8, 4) is 0 Å². The first-order valence-corrected chi connectivity index (χ1v) is 11.1. The summed E-state index contributed by atoms with van der Waals surface area (Å²) in [6, 6.07) is 7.82. The molecule has 0 saturated heterocycles. The summed E-state index contributed by atoms with van der Waals surface area (Å²) < 4.78 is 4.63. The minimum atomic E-state index is -3.68. The van der Waals surface area contributed by atoms with E-state index in [0.29, 0.717) is 0 Å². The average molecular weight is 373 g/mol. The van der Waals surface area contributed by atoms with Crippen LogP contribution >= 0.6 is 6.72 Å². The van der Waals surface area contributed by atoms with E-state index in [4.69, 9.17) is 9.79 Å². The number of amides is 1. The SMILES string of the molecule is CCCCCCCCc1cccc(NC(=O)CCOP(O)(O)=S)c1. The Labute approximate surface area is 149 Å². The highest BCUT2D eigenvalue weighted by Crippen LogP contribution is 2.36. The lowest BCUT2D eigenvalue weighted by Crippen LogP contribution is -2.13. The van der Waals surface area contributed by atoms with Crippen LogP contribution in [0.5, 0.6) is 0 Å². The van der Waals surface area contributed by atoms with Gasteiger partial charge in [-0.2, -0.15) is 0 Å². The molecule has 0 bridgehead atoms. The first-order chi connectivity index (χ1) is 11.4. The Morgan fingerprint density at radius 2 is 1.92 bits per heavy atom. The van der Waals surface area contributed by atoms with E-state index in [1.165, 1.54) is 37.7 Å². The van der Waals surface area contributed by atoms with Gasteiger partial charge in [0, 0.05) is 5.69 Å². The van der Waals surface area contributed by atoms with Gasteiger partial charge in [0.15, 0.2) is 0 Å². The van der Waals surface area contributed by atoms with Gasteiger partial charge in [0.25, 0.3) is 0 Å². The average Bonchev–Trinajstić information content (AvgIpc) is 2.50. The maximum Gasteiger partial charge on any atom is 0.321 e. The van der Waals surface area contributed by atoms with Crippen molar-refractivity contribution >= 4 is 30.1 Å². The molecular weight excluding hydrogens is 345 g/mol. The fourth-order valence-electron chi connectivity index (χ4n) is 2.39. The number of benzene rings is 1. The third kappa shape index (κ3) is 10.9. The zero-order valence-corrected chi connectivity index (χ0v) is 16.0. The predicted octanol–water partition coefficient (Wildman–Crippen LogP) is 4.14. The Morgan fingerprint density at radius 1 is 1.21 bits per heavy atom. The van der Waals surface area contributed by atoms with Gasteiger partial charge in [0.05, 0.1) is 13.0 Å². The zero-order chi connectivity index (χ0) is 17.8. The molecule has 1 rings (SSSR count). The van der Waals surface area contributed by atoms with E-state index in [0.717, 1.165) is 18.5 Å². The molecule has 1 aromatic rings. The Balaban J connectivity index is 2.31. The van der Waals surface area contributed by atoms with E-state index in [1.54, 1.807) is 0 Å². The topological polar surface area (TPSA) is 78.8 Å². The molecule has 0 heterocycles. The number of aryl methyl sites for hydroxylation is 1. The number of hydrogen-bond donors (Lipinski definition) is 3. The summed E-state index contributed by atoms with van der Waals surface area (Å²) in [5.41, 5.74) is 1.96. The van der Waals surface area contributed by atoms with Crippen molar-refractivity contribution in [1.29, 1.82) is 0 Å². The van der Waals surface area contributed by atoms with Crippen molar-refractivity contribution in [2.45, 2.75) is 58.3 Å². The van der Waals surface area contributed by atoms with Gasteiger partial charge in [-0.15, -0.1) is 0 Å². The molecule has 0 aromatic heterocycles. The first-order valence-electron chi connectivity index (χ1n) is 8.49. The molecule has 24 heavy (non-hydrogen) atoms. The number of unbranched alkanes of at least 4 members (excludes halogenated alkanes) is 5. The molecule has 0 aliphatic carbocycles. The Morgan fingerprint density at radius 3 is 2.62 bits per heavy atom. The van der Waals surface area contributed by atoms with E-state index < -0.39 is 6.72 Å². The van der Waals surface area contributed by atoms with E-state index in [2.05, 4.69) is 34.6 Å². The van der Waals surface area contributed by atoms with E-state index in [9.17, 15) is 4.79 Å². The van der Waals surface area contributed by atoms with Crippen LogP contribution in [0.25, 0.3) is 0 Å². The van der Waals surface area contributed by atoms with Crippen LogP contribution in [-0.4, -0.2) is 22.3 Å². The van der Waals surface area contributed by atoms with Crippen molar-refractivity contribution in [2.75, 3.05) is 11.9 Å². The van der Waals surface area contributed by atoms with Crippen LogP contribution in [0.15, 0.2) is 24.3 Å². The molecule has 1 aromatic carbocycles. The van der Waals surface area contributed by atoms with Crippen LogP contribution in [0.2, 0.25) is 0 Å². The van der Waals surface area contributed by atoms with E-state index in [1.807, 2.05) is 18.2 Å². The minimum absolute atomic E-state index is 0.0289. The molecule has 0 saturated carbocycles. The lowest BCUT2D eigenvalue weighted by atomic mass is 10.0. The summed E-state index contributed by atoms with van der Waals surface area (Å²) in [6.45, 7) is -1.57. The third-order valence-corrected chi connectivity index (χ3v) is 4.45. The highest BCUT2D eigenvalue weighted by molar-refractivity contribution is 8.06. The summed E-state index contributed by atoms with van der Waals surface area (Å²) in [5, 5.41) is 2.78. The van der Waals surface area contributed by atoms with Crippen LogP contribution in [0.1, 0.15) is 57.4 Å². The lowest BCUT2D eigenvalue weighted by Gasteiger charge is -2.09. The number of nitrogens with one attached hydrogen (secondary N) is 1. The second-order valence-electron chi connectivity index (χ2n) is 5.84. The second-order valence-corrected chi connectivity index (χ2v) is 8.51. The molecule has 0 fully saturated rings. The number of carbonyl (C=O) groups excluding carboxylic acids is 1. The number of carbonyl (C=O) groups is 1.